The summed E-state index contributed by atoms with van der Waals surface area (Å²) >= 11 is 1.99. The molecular weight excluding hydrogens is 348 g/mol. The van der Waals surface area contributed by atoms with Gasteiger partial charge in [-0.15, -0.1) is 0 Å². The lowest BCUT2D eigenvalue weighted by Crippen LogP contribution is -2.42. The van der Waals surface area contributed by atoms with Crippen LogP contribution in [0.1, 0.15) is 51.9 Å². The third-order valence-corrected chi connectivity index (χ3v) is 18.4. The van der Waals surface area contributed by atoms with E-state index >= 15 is 0 Å². The fraction of sp³-hybridized carbons (Fsp3) is 0.632. The van der Waals surface area contributed by atoms with Crippen LogP contribution in [0.15, 0.2) is 29.2 Å². The predicted molar refractivity (Wildman–Crippen MR) is 112 cm³/mol. The van der Waals surface area contributed by atoms with Gasteiger partial charge in [-0.25, -0.2) is 4.79 Å². The largest absolute Gasteiger partial charge is 0.516 e. The summed E-state index contributed by atoms with van der Waals surface area (Å²) < 4.78 is 5.89. The molecule has 2 nitrogen and oxygen atoms in total. The van der Waals surface area contributed by atoms with Crippen LogP contribution in [-0.4, -0.2) is 21.5 Å². The van der Waals surface area contributed by atoms with Crippen LogP contribution in [0, 0.1) is 0 Å². The third kappa shape index (κ3) is 5.23. The number of carbonyl (C=O) groups excluding carboxylic acids is 1. The fourth-order valence-electron chi connectivity index (χ4n) is 1.55. The summed E-state index contributed by atoms with van der Waals surface area (Å²) in [4.78, 5) is 13.7. The van der Waals surface area contributed by atoms with E-state index in [1.54, 1.807) is 0 Å². The maximum Gasteiger partial charge on any atom is 0.324 e. The molecule has 0 unspecified atom stereocenters. The molecule has 1 aromatic carbocycles. The Morgan fingerprint density at radius 3 is 1.71 bits per heavy atom. The summed E-state index contributed by atoms with van der Waals surface area (Å²) in [6.45, 7) is 22.4. The van der Waals surface area contributed by atoms with Gasteiger partial charge in [0.15, 0.2) is 0 Å². The standard InChI is InChI=1S/C19H34O2SSi2/c1-18(2,3)23(7,8)21-17(20)15-11-13-16(14-12-15)22-24(9,10)19(4,5)6/h11-14H,1-10H3. The molecular formula is C19H34O2SSi2. The molecule has 5 heteroatoms. The molecule has 1 rings (SSSR count). The Hall–Kier alpha value is -0.526. The maximum atomic E-state index is 12.5. The van der Waals surface area contributed by atoms with Crippen molar-refractivity contribution < 1.29 is 9.22 Å². The van der Waals surface area contributed by atoms with E-state index in [-0.39, 0.29) is 11.0 Å². The van der Waals surface area contributed by atoms with Crippen LogP contribution in [0.2, 0.25) is 36.3 Å². The highest BCUT2D eigenvalue weighted by atomic mass is 32.4. The molecule has 0 fully saturated rings. The van der Waals surface area contributed by atoms with Gasteiger partial charge in [-0.1, -0.05) is 54.6 Å². The minimum Gasteiger partial charge on any atom is -0.516 e. The summed E-state index contributed by atoms with van der Waals surface area (Å²) in [7, 11) is -3.52. The van der Waals surface area contributed by atoms with Gasteiger partial charge in [0.2, 0.25) is 0 Å². The van der Waals surface area contributed by atoms with E-state index in [0.717, 1.165) is 0 Å². The van der Waals surface area contributed by atoms with Crippen molar-refractivity contribution in [2.24, 2.45) is 0 Å². The molecule has 0 heterocycles. The topological polar surface area (TPSA) is 26.3 Å². The summed E-state index contributed by atoms with van der Waals surface area (Å²) in [6.07, 6.45) is 0. The van der Waals surface area contributed by atoms with E-state index in [1.807, 2.05) is 23.3 Å². The Kier molecular flexibility index (Phi) is 6.28. The Bertz CT molecular complexity index is 579. The van der Waals surface area contributed by atoms with E-state index in [2.05, 4.69) is 79.9 Å². The molecule has 1 aromatic rings. The summed E-state index contributed by atoms with van der Waals surface area (Å²) in [5, 5.41) is 0.360. The van der Waals surface area contributed by atoms with Gasteiger partial charge in [-0.3, -0.25) is 0 Å². The molecule has 24 heavy (non-hydrogen) atoms. The quantitative estimate of drug-likeness (QED) is 0.527. The average Bonchev–Trinajstić information content (AvgIpc) is 2.35. The molecule has 0 N–H and O–H groups in total. The van der Waals surface area contributed by atoms with Gasteiger partial charge in [-0.2, -0.15) is 11.2 Å². The van der Waals surface area contributed by atoms with E-state index < -0.39 is 15.5 Å². The van der Waals surface area contributed by atoms with Crippen LogP contribution >= 0.6 is 11.2 Å². The van der Waals surface area contributed by atoms with Gasteiger partial charge in [0.1, 0.15) is 7.22 Å². The zero-order valence-corrected chi connectivity index (χ0v) is 19.9. The Balaban J connectivity index is 2.87. The van der Waals surface area contributed by atoms with Crippen molar-refractivity contribution in [3.05, 3.63) is 29.8 Å². The van der Waals surface area contributed by atoms with Gasteiger partial charge in [0.05, 0.1) is 5.56 Å². The highest BCUT2D eigenvalue weighted by Gasteiger charge is 2.40. The van der Waals surface area contributed by atoms with Crippen LogP contribution in [-0.2, 0) is 4.43 Å². The second-order valence-corrected chi connectivity index (χ2v) is 23.1. The minimum atomic E-state index is -2.08. The van der Waals surface area contributed by atoms with Crippen molar-refractivity contribution in [2.45, 2.75) is 82.7 Å². The van der Waals surface area contributed by atoms with Crippen LogP contribution < -0.4 is 0 Å². The first kappa shape index (κ1) is 21.5. The first-order chi connectivity index (χ1) is 10.6. The number of hydrogen-bond donors (Lipinski definition) is 0. The highest BCUT2D eigenvalue weighted by molar-refractivity contribution is 8.29. The number of benzene rings is 1. The average molecular weight is 383 g/mol. The van der Waals surface area contributed by atoms with Crippen LogP contribution in [0.25, 0.3) is 0 Å². The molecule has 0 aliphatic heterocycles. The zero-order chi connectivity index (χ0) is 19.0. The van der Waals surface area contributed by atoms with Crippen molar-refractivity contribution >= 4 is 32.7 Å². The van der Waals surface area contributed by atoms with Crippen molar-refractivity contribution in [3.63, 3.8) is 0 Å². The van der Waals surface area contributed by atoms with Crippen molar-refractivity contribution in [3.8, 4) is 0 Å². The lowest BCUT2D eigenvalue weighted by molar-refractivity contribution is 0.0712. The van der Waals surface area contributed by atoms with Gasteiger partial charge in [-0.05, 0) is 47.4 Å². The first-order valence-corrected chi connectivity index (χ1v) is 16.0. The van der Waals surface area contributed by atoms with Gasteiger partial charge >= 0.3 is 5.97 Å². The SMILES string of the molecule is CC(C)(C)[Si](C)(C)OC(=O)c1ccc(S[Si](C)(C)C(C)(C)C)cc1. The Labute approximate surface area is 154 Å². The molecule has 0 saturated heterocycles. The molecule has 0 spiro atoms. The predicted octanol–water partition coefficient (Wildman–Crippen LogP) is 6.95. The summed E-state index contributed by atoms with van der Waals surface area (Å²) in [5.74, 6) is -0.189. The highest BCUT2D eigenvalue weighted by Crippen LogP contribution is 2.46. The second kappa shape index (κ2) is 7.00. The monoisotopic (exact) mass is 382 g/mol. The number of rotatable bonds is 4. The third-order valence-electron chi connectivity index (χ3n) is 5.42. The lowest BCUT2D eigenvalue weighted by atomic mass is 10.2. The van der Waals surface area contributed by atoms with E-state index in [1.165, 1.54) is 4.90 Å². The van der Waals surface area contributed by atoms with Gasteiger partial charge in [0, 0.05) is 4.90 Å². The second-order valence-electron chi connectivity index (χ2n) is 9.54. The molecule has 0 aliphatic carbocycles. The van der Waals surface area contributed by atoms with E-state index in [4.69, 9.17) is 4.43 Å². The molecule has 0 aliphatic rings. The van der Waals surface area contributed by atoms with Gasteiger partial charge < -0.3 is 4.43 Å². The van der Waals surface area contributed by atoms with Crippen molar-refractivity contribution in [1.82, 2.24) is 0 Å². The van der Waals surface area contributed by atoms with Crippen LogP contribution in [0.4, 0.5) is 0 Å². The Morgan fingerprint density at radius 2 is 1.33 bits per heavy atom. The van der Waals surface area contributed by atoms with Crippen molar-refractivity contribution in [2.75, 3.05) is 0 Å². The fourth-order valence-corrected chi connectivity index (χ4v) is 6.70. The molecule has 0 atom stereocenters. The molecule has 136 valence electrons. The summed E-state index contributed by atoms with van der Waals surface area (Å²) in [6, 6.07) is 7.94. The van der Waals surface area contributed by atoms with E-state index in [9.17, 15) is 4.79 Å². The van der Waals surface area contributed by atoms with Crippen LogP contribution in [0.5, 0.6) is 0 Å². The molecule has 0 saturated carbocycles. The molecule has 0 amide bonds. The van der Waals surface area contributed by atoms with Crippen LogP contribution in [0.3, 0.4) is 0 Å². The molecule has 0 bridgehead atoms. The molecule has 0 aromatic heterocycles. The smallest absolute Gasteiger partial charge is 0.324 e. The van der Waals surface area contributed by atoms with Crippen molar-refractivity contribution in [1.29, 1.82) is 0 Å². The first-order valence-electron chi connectivity index (χ1n) is 8.59. The normalized spacial score (nSPS) is 13.8. The number of carbonyl (C=O) groups is 1. The molecule has 0 radical (unpaired) electrons. The zero-order valence-electron chi connectivity index (χ0n) is 17.0. The van der Waals surface area contributed by atoms with Gasteiger partial charge in [0.25, 0.3) is 8.32 Å². The summed E-state index contributed by atoms with van der Waals surface area (Å²) in [5.41, 5.74) is 0.652. The lowest BCUT2D eigenvalue weighted by Gasteiger charge is -2.36. The number of hydrogen-bond acceptors (Lipinski definition) is 3. The minimum absolute atomic E-state index is 0.0286. The van der Waals surface area contributed by atoms with E-state index in [0.29, 0.717) is 10.6 Å². The Morgan fingerprint density at radius 1 is 0.875 bits per heavy atom. The maximum absolute atomic E-state index is 12.5.